The summed E-state index contributed by atoms with van der Waals surface area (Å²) in [5.41, 5.74) is -0.396. The second-order valence-electron chi connectivity index (χ2n) is 6.08. The number of rotatable bonds is 5. The lowest BCUT2D eigenvalue weighted by atomic mass is 9.76. The summed E-state index contributed by atoms with van der Waals surface area (Å²) in [6, 6.07) is -0.963. The van der Waals surface area contributed by atoms with Crippen LogP contribution in [0.15, 0.2) is 0 Å². The van der Waals surface area contributed by atoms with Crippen molar-refractivity contribution in [3.63, 3.8) is 0 Å². The zero-order chi connectivity index (χ0) is 15.3. The highest BCUT2D eigenvalue weighted by Gasteiger charge is 2.45. The summed E-state index contributed by atoms with van der Waals surface area (Å²) in [5, 5.41) is 9.46. The van der Waals surface area contributed by atoms with Crippen molar-refractivity contribution in [1.29, 1.82) is 0 Å². The van der Waals surface area contributed by atoms with Gasteiger partial charge >= 0.3 is 12.0 Å². The number of carbonyl (C=O) groups is 2. The Bertz CT molecular complexity index is 357. The van der Waals surface area contributed by atoms with E-state index in [9.17, 15) is 14.7 Å². The molecule has 1 aliphatic rings. The number of ether oxygens (including phenoxy) is 1. The molecule has 1 N–H and O–H groups in total. The van der Waals surface area contributed by atoms with Crippen LogP contribution in [0.25, 0.3) is 0 Å². The van der Waals surface area contributed by atoms with Gasteiger partial charge in [0.2, 0.25) is 0 Å². The smallest absolute Gasteiger partial charge is 0.327 e. The molecule has 1 rings (SSSR count). The highest BCUT2D eigenvalue weighted by Crippen LogP contribution is 2.35. The van der Waals surface area contributed by atoms with Gasteiger partial charge in [-0.25, -0.2) is 9.59 Å². The molecule has 0 radical (unpaired) electrons. The van der Waals surface area contributed by atoms with Gasteiger partial charge in [-0.2, -0.15) is 0 Å². The predicted octanol–water partition coefficient (Wildman–Crippen LogP) is 1.65. The second kappa shape index (κ2) is 6.92. The number of urea groups is 1. The minimum Gasteiger partial charge on any atom is -0.480 e. The van der Waals surface area contributed by atoms with Crippen molar-refractivity contribution >= 4 is 12.0 Å². The van der Waals surface area contributed by atoms with Crippen LogP contribution in [-0.2, 0) is 9.53 Å². The van der Waals surface area contributed by atoms with Crippen LogP contribution in [-0.4, -0.2) is 66.8 Å². The van der Waals surface area contributed by atoms with E-state index in [2.05, 4.69) is 0 Å². The first-order chi connectivity index (χ1) is 9.31. The van der Waals surface area contributed by atoms with Crippen molar-refractivity contribution in [2.75, 3.05) is 33.9 Å². The Morgan fingerprint density at radius 2 is 2.10 bits per heavy atom. The van der Waals surface area contributed by atoms with Crippen molar-refractivity contribution in [3.8, 4) is 0 Å². The van der Waals surface area contributed by atoms with Gasteiger partial charge in [0.15, 0.2) is 0 Å². The number of likely N-dealkylation sites (tertiary alicyclic amines) is 1. The van der Waals surface area contributed by atoms with Gasteiger partial charge in [0.05, 0.1) is 0 Å². The van der Waals surface area contributed by atoms with Crippen LogP contribution in [0, 0.1) is 5.41 Å². The van der Waals surface area contributed by atoms with Crippen molar-refractivity contribution in [2.45, 2.75) is 39.2 Å². The lowest BCUT2D eigenvalue weighted by Gasteiger charge is -2.45. The van der Waals surface area contributed by atoms with Crippen LogP contribution in [0.1, 0.15) is 33.1 Å². The number of methoxy groups -OCH3 is 1. The van der Waals surface area contributed by atoms with E-state index in [1.54, 1.807) is 19.1 Å². The summed E-state index contributed by atoms with van der Waals surface area (Å²) in [6.45, 7) is 5.49. The minimum atomic E-state index is -0.923. The topological polar surface area (TPSA) is 70.1 Å². The van der Waals surface area contributed by atoms with Crippen molar-refractivity contribution in [1.82, 2.24) is 9.80 Å². The molecule has 1 heterocycles. The third-order valence-corrected chi connectivity index (χ3v) is 3.92. The average Bonchev–Trinajstić information content (AvgIpc) is 2.36. The molecule has 116 valence electrons. The van der Waals surface area contributed by atoms with Crippen LogP contribution in [0.2, 0.25) is 0 Å². The molecule has 1 atom stereocenters. The molecule has 0 aromatic heterocycles. The summed E-state index contributed by atoms with van der Waals surface area (Å²) in [5.74, 6) is -0.923. The number of carbonyl (C=O) groups excluding carboxylic acids is 1. The zero-order valence-corrected chi connectivity index (χ0v) is 12.9. The number of aliphatic carboxylic acids is 1. The molecule has 6 heteroatoms. The van der Waals surface area contributed by atoms with E-state index in [-0.39, 0.29) is 6.03 Å². The Kier molecular flexibility index (Phi) is 5.80. The molecule has 0 aromatic carbocycles. The number of amides is 2. The Morgan fingerprint density at radius 3 is 2.65 bits per heavy atom. The Labute approximate surface area is 120 Å². The van der Waals surface area contributed by atoms with Gasteiger partial charge in [-0.05, 0) is 24.7 Å². The van der Waals surface area contributed by atoms with Gasteiger partial charge in [0.1, 0.15) is 6.04 Å². The molecule has 0 spiro atoms. The number of piperidine rings is 1. The molecule has 0 aromatic rings. The maximum absolute atomic E-state index is 12.4. The summed E-state index contributed by atoms with van der Waals surface area (Å²) < 4.78 is 4.96. The van der Waals surface area contributed by atoms with E-state index >= 15 is 0 Å². The molecule has 1 fully saturated rings. The fraction of sp³-hybridized carbons (Fsp3) is 0.857. The molecule has 1 aliphatic heterocycles. The first-order valence-electron chi connectivity index (χ1n) is 7.04. The van der Waals surface area contributed by atoms with Gasteiger partial charge in [0, 0.05) is 33.9 Å². The SMILES string of the molecule is COCCCN(C)C(=O)N1CCCC(C)(C)C1C(=O)O. The van der Waals surface area contributed by atoms with Crippen molar-refractivity contribution < 1.29 is 19.4 Å². The highest BCUT2D eigenvalue weighted by molar-refractivity contribution is 5.83. The summed E-state index contributed by atoms with van der Waals surface area (Å²) in [4.78, 5) is 27.1. The maximum atomic E-state index is 12.4. The van der Waals surface area contributed by atoms with Crippen molar-refractivity contribution in [2.24, 2.45) is 5.41 Å². The van der Waals surface area contributed by atoms with Gasteiger partial charge in [-0.1, -0.05) is 13.8 Å². The largest absolute Gasteiger partial charge is 0.480 e. The number of carboxylic acids is 1. The highest BCUT2D eigenvalue weighted by atomic mass is 16.5. The van der Waals surface area contributed by atoms with E-state index in [4.69, 9.17) is 4.74 Å². The minimum absolute atomic E-state index is 0.207. The van der Waals surface area contributed by atoms with Gasteiger partial charge in [0.25, 0.3) is 0 Å². The first-order valence-corrected chi connectivity index (χ1v) is 7.04. The first kappa shape index (κ1) is 16.8. The van der Waals surface area contributed by atoms with E-state index in [1.807, 2.05) is 13.8 Å². The molecule has 6 nitrogen and oxygen atoms in total. The molecule has 1 saturated heterocycles. The van der Waals surface area contributed by atoms with E-state index in [1.165, 1.54) is 4.90 Å². The normalized spacial score (nSPS) is 21.6. The molecular weight excluding hydrogens is 260 g/mol. The third kappa shape index (κ3) is 3.85. The average molecular weight is 286 g/mol. The van der Waals surface area contributed by atoms with Crippen LogP contribution in [0.4, 0.5) is 4.79 Å². The Balaban J connectivity index is 2.75. The lowest BCUT2D eigenvalue weighted by Crippen LogP contribution is -2.58. The molecule has 20 heavy (non-hydrogen) atoms. The van der Waals surface area contributed by atoms with Crippen LogP contribution in [0.3, 0.4) is 0 Å². The number of hydrogen-bond acceptors (Lipinski definition) is 3. The van der Waals surface area contributed by atoms with Gasteiger partial charge in [-0.15, -0.1) is 0 Å². The number of carboxylic acid groups (broad SMARTS) is 1. The van der Waals surface area contributed by atoms with Crippen LogP contribution in [0.5, 0.6) is 0 Å². The predicted molar refractivity (Wildman–Crippen MR) is 75.7 cm³/mol. The van der Waals surface area contributed by atoms with E-state index < -0.39 is 17.4 Å². The maximum Gasteiger partial charge on any atom is 0.327 e. The summed E-state index contributed by atoms with van der Waals surface area (Å²) in [7, 11) is 3.33. The molecule has 0 aliphatic carbocycles. The standard InChI is InChI=1S/C14H26N2O4/c1-14(2)7-5-9-16(11(14)12(17)18)13(19)15(3)8-6-10-20-4/h11H,5-10H2,1-4H3,(H,17,18). The van der Waals surface area contributed by atoms with Crippen molar-refractivity contribution in [3.05, 3.63) is 0 Å². The molecule has 1 unspecified atom stereocenters. The van der Waals surface area contributed by atoms with Gasteiger partial charge < -0.3 is 19.6 Å². The quantitative estimate of drug-likeness (QED) is 0.780. The Hall–Kier alpha value is -1.30. The second-order valence-corrected chi connectivity index (χ2v) is 6.08. The number of hydrogen-bond donors (Lipinski definition) is 1. The van der Waals surface area contributed by atoms with E-state index in [0.29, 0.717) is 19.7 Å². The Morgan fingerprint density at radius 1 is 1.45 bits per heavy atom. The van der Waals surface area contributed by atoms with Crippen LogP contribution < -0.4 is 0 Å². The zero-order valence-electron chi connectivity index (χ0n) is 12.9. The fourth-order valence-corrected chi connectivity index (χ4v) is 2.83. The monoisotopic (exact) mass is 286 g/mol. The fourth-order valence-electron chi connectivity index (χ4n) is 2.83. The molecule has 0 bridgehead atoms. The molecular formula is C14H26N2O4. The molecule has 2 amide bonds. The summed E-state index contributed by atoms with van der Waals surface area (Å²) >= 11 is 0. The lowest BCUT2D eigenvalue weighted by molar-refractivity contribution is -0.148. The van der Waals surface area contributed by atoms with E-state index in [0.717, 1.165) is 19.3 Å². The number of nitrogens with zero attached hydrogens (tertiary/aromatic N) is 2. The molecule has 0 saturated carbocycles. The van der Waals surface area contributed by atoms with Crippen LogP contribution >= 0.6 is 0 Å². The van der Waals surface area contributed by atoms with Gasteiger partial charge in [-0.3, -0.25) is 0 Å². The third-order valence-electron chi connectivity index (χ3n) is 3.92. The summed E-state index contributed by atoms with van der Waals surface area (Å²) in [6.07, 6.45) is 2.41.